The number of aromatic nitrogens is 2. The van der Waals surface area contributed by atoms with Crippen LogP contribution in [0.4, 0.5) is 0 Å². The Labute approximate surface area is 107 Å². The minimum Gasteiger partial charge on any atom is -0.254 e. The van der Waals surface area contributed by atoms with Crippen LogP contribution in [0.15, 0.2) is 42.6 Å². The van der Waals surface area contributed by atoms with Crippen molar-refractivity contribution in [2.24, 2.45) is 0 Å². The van der Waals surface area contributed by atoms with Crippen molar-refractivity contribution in [2.75, 3.05) is 0 Å². The van der Waals surface area contributed by atoms with Gasteiger partial charge in [-0.15, -0.1) is 0 Å². The summed E-state index contributed by atoms with van der Waals surface area (Å²) in [6.07, 6.45) is 5.28. The summed E-state index contributed by atoms with van der Waals surface area (Å²) in [5.74, 6) is 0. The molecular weight excluding hydrogens is 220 g/mol. The summed E-state index contributed by atoms with van der Waals surface area (Å²) in [5.41, 5.74) is 3.21. The number of benzene rings is 1. The van der Waals surface area contributed by atoms with E-state index in [1.54, 1.807) is 0 Å². The second kappa shape index (κ2) is 4.73. The van der Waals surface area contributed by atoms with Crippen LogP contribution in [0.3, 0.4) is 0 Å². The first kappa shape index (κ1) is 11.1. The summed E-state index contributed by atoms with van der Waals surface area (Å²) >= 11 is 0. The van der Waals surface area contributed by atoms with Crippen molar-refractivity contribution in [3.8, 4) is 0 Å². The molecule has 2 nitrogen and oxygen atoms in total. The molecule has 2 heterocycles. The summed E-state index contributed by atoms with van der Waals surface area (Å²) in [6, 6.07) is 12.6. The van der Waals surface area contributed by atoms with Crippen LogP contribution in [-0.4, -0.2) is 9.97 Å². The van der Waals surface area contributed by atoms with Gasteiger partial charge >= 0.3 is 0 Å². The zero-order valence-corrected chi connectivity index (χ0v) is 10.6. The zero-order valence-electron chi connectivity index (χ0n) is 10.6. The van der Waals surface area contributed by atoms with E-state index in [4.69, 9.17) is 4.98 Å². The van der Waals surface area contributed by atoms with Crippen molar-refractivity contribution in [1.29, 1.82) is 0 Å². The van der Waals surface area contributed by atoms with Gasteiger partial charge in [0, 0.05) is 22.7 Å². The van der Waals surface area contributed by atoms with Crippen LogP contribution >= 0.6 is 0 Å². The zero-order chi connectivity index (χ0) is 12.4. The molecule has 0 unspecified atom stereocenters. The molecule has 0 N–H and O–H groups in total. The third-order valence-corrected chi connectivity index (χ3v) is 3.28. The second-order valence-electron chi connectivity index (χ2n) is 4.62. The van der Waals surface area contributed by atoms with Gasteiger partial charge in [0.05, 0.1) is 11.0 Å². The number of pyridine rings is 2. The monoisotopic (exact) mass is 236 g/mol. The third kappa shape index (κ3) is 1.94. The van der Waals surface area contributed by atoms with Gasteiger partial charge in [-0.3, -0.25) is 9.97 Å². The molecule has 0 spiro atoms. The largest absolute Gasteiger partial charge is 0.254 e. The summed E-state index contributed by atoms with van der Waals surface area (Å²) in [4.78, 5) is 9.25. The summed E-state index contributed by atoms with van der Waals surface area (Å²) in [5, 5.41) is 2.33. The van der Waals surface area contributed by atoms with Crippen molar-refractivity contribution in [3.05, 3.63) is 48.3 Å². The highest BCUT2D eigenvalue weighted by atomic mass is 14.7. The fourth-order valence-corrected chi connectivity index (χ4v) is 2.26. The van der Waals surface area contributed by atoms with Gasteiger partial charge in [0.15, 0.2) is 0 Å². The lowest BCUT2D eigenvalue weighted by molar-refractivity contribution is 0.780. The molecule has 0 bridgehead atoms. The predicted octanol–water partition coefficient (Wildman–Crippen LogP) is 4.13. The van der Waals surface area contributed by atoms with Crippen molar-refractivity contribution >= 4 is 21.8 Å². The van der Waals surface area contributed by atoms with Gasteiger partial charge in [-0.25, -0.2) is 0 Å². The Hall–Kier alpha value is -1.96. The van der Waals surface area contributed by atoms with Crippen LogP contribution in [-0.2, 0) is 6.42 Å². The SMILES string of the molecule is CCCCc1ccc2ccc3cccnc3c2n1. The first-order valence-corrected chi connectivity index (χ1v) is 6.52. The highest BCUT2D eigenvalue weighted by molar-refractivity contribution is 6.02. The molecule has 3 rings (SSSR count). The first-order valence-electron chi connectivity index (χ1n) is 6.52. The molecule has 0 radical (unpaired) electrons. The van der Waals surface area contributed by atoms with E-state index < -0.39 is 0 Å². The van der Waals surface area contributed by atoms with Crippen LogP contribution < -0.4 is 0 Å². The first-order chi connectivity index (χ1) is 8.88. The molecule has 0 saturated carbocycles. The highest BCUT2D eigenvalue weighted by Crippen LogP contribution is 2.22. The van der Waals surface area contributed by atoms with E-state index in [-0.39, 0.29) is 0 Å². The molecule has 90 valence electrons. The van der Waals surface area contributed by atoms with Gasteiger partial charge in [0.2, 0.25) is 0 Å². The van der Waals surface area contributed by atoms with Gasteiger partial charge in [-0.05, 0) is 25.0 Å². The molecule has 2 heteroatoms. The number of fused-ring (bicyclic) bond motifs is 3. The molecule has 0 fully saturated rings. The molecule has 0 aliphatic heterocycles. The van der Waals surface area contributed by atoms with E-state index in [1.165, 1.54) is 23.9 Å². The average Bonchev–Trinajstić information content (AvgIpc) is 2.45. The minimum atomic E-state index is 1.01. The normalized spacial score (nSPS) is 11.2. The standard InChI is InChI=1S/C16H16N2/c1-2-3-6-14-10-9-13-8-7-12-5-4-11-17-15(12)16(13)18-14/h4-5,7-11H,2-3,6H2,1H3. The van der Waals surface area contributed by atoms with Crippen LogP contribution in [0.1, 0.15) is 25.5 Å². The minimum absolute atomic E-state index is 1.01. The van der Waals surface area contributed by atoms with Crippen LogP contribution in [0.25, 0.3) is 21.8 Å². The predicted molar refractivity (Wildman–Crippen MR) is 75.7 cm³/mol. The van der Waals surface area contributed by atoms with Gasteiger partial charge < -0.3 is 0 Å². The summed E-state index contributed by atoms with van der Waals surface area (Å²) < 4.78 is 0. The van der Waals surface area contributed by atoms with E-state index in [0.717, 1.165) is 22.8 Å². The Kier molecular flexibility index (Phi) is 2.93. The topological polar surface area (TPSA) is 25.8 Å². The van der Waals surface area contributed by atoms with E-state index in [9.17, 15) is 0 Å². The van der Waals surface area contributed by atoms with Crippen molar-refractivity contribution in [1.82, 2.24) is 9.97 Å². The maximum atomic E-state index is 4.78. The summed E-state index contributed by atoms with van der Waals surface area (Å²) in [6.45, 7) is 2.21. The Morgan fingerprint density at radius 2 is 1.72 bits per heavy atom. The van der Waals surface area contributed by atoms with Gasteiger partial charge in [0.1, 0.15) is 0 Å². The van der Waals surface area contributed by atoms with Crippen LogP contribution in [0, 0.1) is 0 Å². The fourth-order valence-electron chi connectivity index (χ4n) is 2.26. The molecule has 0 aliphatic rings. The van der Waals surface area contributed by atoms with E-state index in [0.29, 0.717) is 0 Å². The number of unbranched alkanes of at least 4 members (excludes halogenated alkanes) is 1. The van der Waals surface area contributed by atoms with Crippen LogP contribution in [0.2, 0.25) is 0 Å². The molecule has 0 atom stereocenters. The van der Waals surface area contributed by atoms with Crippen molar-refractivity contribution in [2.45, 2.75) is 26.2 Å². The molecular formula is C16H16N2. The number of rotatable bonds is 3. The van der Waals surface area contributed by atoms with Crippen molar-refractivity contribution in [3.63, 3.8) is 0 Å². The lowest BCUT2D eigenvalue weighted by atomic mass is 10.1. The second-order valence-corrected chi connectivity index (χ2v) is 4.62. The Bertz CT molecular complexity index is 689. The van der Waals surface area contributed by atoms with E-state index in [1.807, 2.05) is 12.3 Å². The lowest BCUT2D eigenvalue weighted by Gasteiger charge is -2.05. The Morgan fingerprint density at radius 1 is 0.944 bits per heavy atom. The highest BCUT2D eigenvalue weighted by Gasteiger charge is 2.03. The number of nitrogens with zero attached hydrogens (tertiary/aromatic N) is 2. The third-order valence-electron chi connectivity index (χ3n) is 3.28. The molecule has 0 saturated heterocycles. The number of hydrogen-bond acceptors (Lipinski definition) is 2. The Morgan fingerprint density at radius 3 is 2.56 bits per heavy atom. The van der Waals surface area contributed by atoms with E-state index >= 15 is 0 Å². The molecule has 0 amide bonds. The number of aryl methyl sites for hydroxylation is 1. The van der Waals surface area contributed by atoms with E-state index in [2.05, 4.69) is 42.2 Å². The van der Waals surface area contributed by atoms with Crippen molar-refractivity contribution < 1.29 is 0 Å². The molecule has 18 heavy (non-hydrogen) atoms. The molecule has 2 aromatic heterocycles. The number of hydrogen-bond donors (Lipinski definition) is 0. The quantitative estimate of drug-likeness (QED) is 0.639. The fraction of sp³-hybridized carbons (Fsp3) is 0.250. The average molecular weight is 236 g/mol. The molecule has 3 aromatic rings. The molecule has 1 aromatic carbocycles. The lowest BCUT2D eigenvalue weighted by Crippen LogP contribution is -1.92. The maximum absolute atomic E-state index is 4.78. The van der Waals surface area contributed by atoms with Gasteiger partial charge in [0.25, 0.3) is 0 Å². The van der Waals surface area contributed by atoms with Gasteiger partial charge in [-0.2, -0.15) is 0 Å². The molecule has 0 aliphatic carbocycles. The van der Waals surface area contributed by atoms with Gasteiger partial charge in [-0.1, -0.05) is 37.6 Å². The smallest absolute Gasteiger partial charge is 0.0967 e. The van der Waals surface area contributed by atoms with Crippen LogP contribution in [0.5, 0.6) is 0 Å². The maximum Gasteiger partial charge on any atom is 0.0967 e. The Balaban J connectivity index is 2.20. The summed E-state index contributed by atoms with van der Waals surface area (Å²) in [7, 11) is 0.